The lowest BCUT2D eigenvalue weighted by molar-refractivity contribution is 0.0964. The zero-order valence-electron chi connectivity index (χ0n) is 21.9. The number of hydrogen-bond acceptors (Lipinski definition) is 7. The Morgan fingerprint density at radius 1 is 1.10 bits per heavy atom. The van der Waals surface area contributed by atoms with Crippen molar-refractivity contribution in [2.75, 3.05) is 30.8 Å². The Kier molecular flexibility index (Phi) is 8.39. The average Bonchev–Trinajstić information content (AvgIpc) is 3.25. The molecule has 0 spiro atoms. The van der Waals surface area contributed by atoms with Crippen LogP contribution in [0.5, 0.6) is 17.2 Å². The molecule has 0 bridgehead atoms. The molecular formula is C28H29ClN2O7S. The van der Waals surface area contributed by atoms with E-state index in [0.29, 0.717) is 27.5 Å². The summed E-state index contributed by atoms with van der Waals surface area (Å²) in [6, 6.07) is 17.2. The average molecular weight is 573 g/mol. The van der Waals surface area contributed by atoms with Crippen LogP contribution in [0.1, 0.15) is 24.2 Å². The Labute approximate surface area is 231 Å². The van der Waals surface area contributed by atoms with E-state index in [4.69, 9.17) is 25.5 Å². The number of halogens is 1. The molecule has 0 unspecified atom stereocenters. The third kappa shape index (κ3) is 6.13. The van der Waals surface area contributed by atoms with Crippen LogP contribution in [0, 0.1) is 0 Å². The number of sulfonamides is 1. The lowest BCUT2D eigenvalue weighted by atomic mass is 10.0. The van der Waals surface area contributed by atoms with E-state index in [1.54, 1.807) is 56.3 Å². The molecule has 0 aliphatic heterocycles. The predicted molar refractivity (Wildman–Crippen MR) is 152 cm³/mol. The molecular weight excluding hydrogens is 544 g/mol. The van der Waals surface area contributed by atoms with Crippen molar-refractivity contribution in [2.24, 2.45) is 0 Å². The first-order valence-electron chi connectivity index (χ1n) is 12.1. The Morgan fingerprint density at radius 2 is 1.79 bits per heavy atom. The number of fused-ring (bicyclic) bond motifs is 1. The molecule has 4 rings (SSSR count). The maximum atomic E-state index is 13.1. The van der Waals surface area contributed by atoms with E-state index >= 15 is 0 Å². The summed E-state index contributed by atoms with van der Waals surface area (Å²) in [5, 5.41) is 13.1. The largest absolute Gasteiger partial charge is 0.489 e. The summed E-state index contributed by atoms with van der Waals surface area (Å²) in [5.74, 6) is 1.17. The van der Waals surface area contributed by atoms with Gasteiger partial charge in [-0.05, 0) is 56.3 Å². The number of aliphatic hydroxyl groups excluding tert-OH is 1. The van der Waals surface area contributed by atoms with Crippen LogP contribution >= 0.6 is 11.6 Å². The maximum absolute atomic E-state index is 13.1. The number of hydrogen-bond donors (Lipinski definition) is 2. The van der Waals surface area contributed by atoms with Crippen LogP contribution in [0.4, 0.5) is 5.69 Å². The number of carbonyl (C=O) groups excluding carboxylic acids is 1. The number of amides is 1. The van der Waals surface area contributed by atoms with Gasteiger partial charge in [0.05, 0.1) is 41.8 Å². The Bertz CT molecular complexity index is 1600. The molecule has 0 saturated heterocycles. The van der Waals surface area contributed by atoms with Gasteiger partial charge in [-0.2, -0.15) is 0 Å². The second kappa shape index (κ2) is 11.6. The molecule has 9 nitrogen and oxygen atoms in total. The SMILES string of the molecule is CNC(=O)c1c(-c2ccc(Oc3ccccc3Cl)cc2)oc2cc(N(CCO)S(C)(=O)=O)c(OC(C)C)cc12. The number of aliphatic hydroxyl groups is 1. The van der Waals surface area contributed by atoms with E-state index in [1.165, 1.54) is 13.1 Å². The number of furan rings is 1. The highest BCUT2D eigenvalue weighted by Crippen LogP contribution is 2.42. The molecule has 0 radical (unpaired) electrons. The Morgan fingerprint density at radius 3 is 2.38 bits per heavy atom. The fraction of sp³-hybridized carbons (Fsp3) is 0.250. The highest BCUT2D eigenvalue weighted by Gasteiger charge is 2.27. The molecule has 206 valence electrons. The summed E-state index contributed by atoms with van der Waals surface area (Å²) in [5.41, 5.74) is 1.33. The van der Waals surface area contributed by atoms with Crippen molar-refractivity contribution >= 4 is 44.2 Å². The highest BCUT2D eigenvalue weighted by molar-refractivity contribution is 7.92. The van der Waals surface area contributed by atoms with Crippen molar-refractivity contribution in [3.05, 3.63) is 71.2 Å². The van der Waals surface area contributed by atoms with E-state index in [0.717, 1.165) is 10.6 Å². The number of para-hydroxylation sites is 1. The van der Waals surface area contributed by atoms with Gasteiger partial charge >= 0.3 is 0 Å². The summed E-state index contributed by atoms with van der Waals surface area (Å²) in [6.45, 7) is 3.03. The zero-order valence-corrected chi connectivity index (χ0v) is 23.5. The molecule has 3 aromatic carbocycles. The van der Waals surface area contributed by atoms with E-state index < -0.39 is 22.5 Å². The van der Waals surface area contributed by atoms with Gasteiger partial charge in [0, 0.05) is 24.1 Å². The molecule has 1 heterocycles. The van der Waals surface area contributed by atoms with E-state index in [-0.39, 0.29) is 41.0 Å². The molecule has 11 heteroatoms. The summed E-state index contributed by atoms with van der Waals surface area (Å²) in [7, 11) is -2.26. The van der Waals surface area contributed by atoms with Gasteiger partial charge in [0.2, 0.25) is 10.0 Å². The van der Waals surface area contributed by atoms with Crippen molar-refractivity contribution in [2.45, 2.75) is 20.0 Å². The number of carbonyl (C=O) groups is 1. The molecule has 2 N–H and O–H groups in total. The standard InChI is InChI=1S/C28H29ClN2O7S/c1-17(2)36-25-15-20-24(16-22(25)31(13-14-32)39(4,34)35)38-27(26(20)28(33)30-3)18-9-11-19(12-10-18)37-23-8-6-5-7-21(23)29/h5-12,15-17,32H,13-14H2,1-4H3,(H,30,33). The van der Waals surface area contributed by atoms with Crippen LogP contribution in [0.3, 0.4) is 0 Å². The Hall–Kier alpha value is -3.73. The summed E-state index contributed by atoms with van der Waals surface area (Å²) in [4.78, 5) is 13.1. The fourth-order valence-electron chi connectivity index (χ4n) is 4.09. The number of ether oxygens (including phenoxy) is 2. The number of rotatable bonds is 10. The second-order valence-electron chi connectivity index (χ2n) is 8.98. The first kappa shape index (κ1) is 28.3. The van der Waals surface area contributed by atoms with Crippen LogP contribution < -0.4 is 19.1 Å². The quantitative estimate of drug-likeness (QED) is 0.259. The Balaban J connectivity index is 1.86. The van der Waals surface area contributed by atoms with Gasteiger partial charge in [-0.15, -0.1) is 0 Å². The molecule has 1 aromatic heterocycles. The third-order valence-corrected chi connectivity index (χ3v) is 7.23. The van der Waals surface area contributed by atoms with E-state index in [2.05, 4.69) is 5.32 Å². The van der Waals surface area contributed by atoms with Crippen LogP contribution in [0.15, 0.2) is 65.1 Å². The summed E-state index contributed by atoms with van der Waals surface area (Å²) in [6.07, 6.45) is 0.749. The first-order valence-corrected chi connectivity index (χ1v) is 14.4. The molecule has 0 saturated carbocycles. The molecule has 39 heavy (non-hydrogen) atoms. The second-order valence-corrected chi connectivity index (χ2v) is 11.3. The smallest absolute Gasteiger partial charge is 0.255 e. The molecule has 0 aliphatic carbocycles. The van der Waals surface area contributed by atoms with Gasteiger partial charge in [0.15, 0.2) is 0 Å². The minimum Gasteiger partial charge on any atom is -0.489 e. The summed E-state index contributed by atoms with van der Waals surface area (Å²) < 4.78 is 44.2. The van der Waals surface area contributed by atoms with E-state index in [1.807, 2.05) is 12.1 Å². The number of benzene rings is 3. The minimum atomic E-state index is -3.77. The van der Waals surface area contributed by atoms with Crippen molar-refractivity contribution in [1.29, 1.82) is 0 Å². The predicted octanol–water partition coefficient (Wildman–Crippen LogP) is 5.45. The molecule has 1 amide bonds. The molecule has 0 atom stereocenters. The van der Waals surface area contributed by atoms with Gasteiger partial charge in [-0.25, -0.2) is 8.42 Å². The van der Waals surface area contributed by atoms with Crippen molar-refractivity contribution in [1.82, 2.24) is 5.32 Å². The minimum absolute atomic E-state index is 0.179. The number of nitrogens with zero attached hydrogens (tertiary/aromatic N) is 1. The third-order valence-electron chi connectivity index (χ3n) is 5.74. The van der Waals surface area contributed by atoms with Gasteiger partial charge in [0.1, 0.15) is 28.6 Å². The number of nitrogens with one attached hydrogen (secondary N) is 1. The topological polar surface area (TPSA) is 118 Å². The monoisotopic (exact) mass is 572 g/mol. The lowest BCUT2D eigenvalue weighted by Gasteiger charge is -2.25. The van der Waals surface area contributed by atoms with Crippen LogP contribution in [0.2, 0.25) is 5.02 Å². The van der Waals surface area contributed by atoms with Crippen molar-refractivity contribution in [3.8, 4) is 28.6 Å². The van der Waals surface area contributed by atoms with Crippen molar-refractivity contribution in [3.63, 3.8) is 0 Å². The first-order chi connectivity index (χ1) is 18.5. The van der Waals surface area contributed by atoms with Gasteiger partial charge in [-0.1, -0.05) is 23.7 Å². The van der Waals surface area contributed by atoms with Gasteiger partial charge in [-0.3, -0.25) is 9.10 Å². The molecule has 0 fully saturated rings. The van der Waals surface area contributed by atoms with Crippen molar-refractivity contribution < 1.29 is 32.2 Å². The summed E-state index contributed by atoms with van der Waals surface area (Å²) >= 11 is 6.20. The zero-order chi connectivity index (χ0) is 28.3. The fourth-order valence-corrected chi connectivity index (χ4v) is 5.18. The van der Waals surface area contributed by atoms with Crippen LogP contribution in [-0.4, -0.2) is 52.0 Å². The van der Waals surface area contributed by atoms with Gasteiger partial charge in [0.25, 0.3) is 5.91 Å². The maximum Gasteiger partial charge on any atom is 0.255 e. The van der Waals surface area contributed by atoms with E-state index in [9.17, 15) is 18.3 Å². The van der Waals surface area contributed by atoms with Gasteiger partial charge < -0.3 is 24.3 Å². The molecule has 0 aliphatic rings. The molecule has 4 aromatic rings. The van der Waals surface area contributed by atoms with Crippen LogP contribution in [-0.2, 0) is 10.0 Å². The lowest BCUT2D eigenvalue weighted by Crippen LogP contribution is -2.33. The van der Waals surface area contributed by atoms with Crippen LogP contribution in [0.25, 0.3) is 22.3 Å². The normalized spacial score (nSPS) is 11.6. The number of anilines is 1. The highest BCUT2D eigenvalue weighted by atomic mass is 35.5.